The second kappa shape index (κ2) is 6.03. The SMILES string of the molecule is Cc1cc(Cl)ccc1CNC(C(N)=O)C(C)C. The van der Waals surface area contributed by atoms with Crippen molar-refractivity contribution in [3.05, 3.63) is 34.3 Å². The number of hydrogen-bond acceptors (Lipinski definition) is 2. The minimum atomic E-state index is -0.313. The summed E-state index contributed by atoms with van der Waals surface area (Å²) in [7, 11) is 0. The zero-order valence-corrected chi connectivity index (χ0v) is 11.2. The average Bonchev–Trinajstić information content (AvgIpc) is 2.20. The Morgan fingerprint density at radius 2 is 2.12 bits per heavy atom. The van der Waals surface area contributed by atoms with Crippen LogP contribution in [0.4, 0.5) is 0 Å². The van der Waals surface area contributed by atoms with Gasteiger partial charge in [0, 0.05) is 11.6 Å². The highest BCUT2D eigenvalue weighted by atomic mass is 35.5. The van der Waals surface area contributed by atoms with Gasteiger partial charge in [-0.25, -0.2) is 0 Å². The molecule has 0 aliphatic carbocycles. The van der Waals surface area contributed by atoms with Crippen LogP contribution in [-0.4, -0.2) is 11.9 Å². The van der Waals surface area contributed by atoms with E-state index in [2.05, 4.69) is 5.32 Å². The van der Waals surface area contributed by atoms with Gasteiger partial charge in [-0.15, -0.1) is 0 Å². The van der Waals surface area contributed by atoms with E-state index in [1.54, 1.807) is 0 Å². The molecule has 1 aromatic rings. The van der Waals surface area contributed by atoms with Crippen LogP contribution in [-0.2, 0) is 11.3 Å². The number of nitrogens with two attached hydrogens (primary N) is 1. The molecule has 0 saturated heterocycles. The molecule has 0 spiro atoms. The van der Waals surface area contributed by atoms with Crippen LogP contribution in [0.2, 0.25) is 5.02 Å². The zero-order chi connectivity index (χ0) is 13.0. The van der Waals surface area contributed by atoms with Gasteiger partial charge in [0.15, 0.2) is 0 Å². The molecule has 1 amide bonds. The Hall–Kier alpha value is -1.06. The lowest BCUT2D eigenvalue weighted by Crippen LogP contribution is -2.44. The van der Waals surface area contributed by atoms with E-state index in [1.807, 2.05) is 39.0 Å². The smallest absolute Gasteiger partial charge is 0.234 e. The lowest BCUT2D eigenvalue weighted by atomic mass is 10.0. The fourth-order valence-electron chi connectivity index (χ4n) is 1.74. The molecule has 1 unspecified atom stereocenters. The van der Waals surface area contributed by atoms with Gasteiger partial charge in [-0.2, -0.15) is 0 Å². The Bertz CT molecular complexity index is 404. The molecule has 3 N–H and O–H groups in total. The predicted molar refractivity (Wildman–Crippen MR) is 70.8 cm³/mol. The molecule has 4 heteroatoms. The molecular formula is C13H19ClN2O. The Morgan fingerprint density at radius 1 is 1.47 bits per heavy atom. The summed E-state index contributed by atoms with van der Waals surface area (Å²) in [6.45, 7) is 6.56. The minimum Gasteiger partial charge on any atom is -0.368 e. The van der Waals surface area contributed by atoms with E-state index in [0.29, 0.717) is 6.54 Å². The van der Waals surface area contributed by atoms with Crippen molar-refractivity contribution in [1.29, 1.82) is 0 Å². The second-order valence-electron chi connectivity index (χ2n) is 4.58. The molecule has 94 valence electrons. The highest BCUT2D eigenvalue weighted by Gasteiger charge is 2.18. The van der Waals surface area contributed by atoms with Crippen molar-refractivity contribution in [3.63, 3.8) is 0 Å². The van der Waals surface area contributed by atoms with Crippen molar-refractivity contribution >= 4 is 17.5 Å². The molecule has 0 fully saturated rings. The maximum absolute atomic E-state index is 11.2. The molecule has 0 aromatic heterocycles. The summed E-state index contributed by atoms with van der Waals surface area (Å²) in [5, 5.41) is 3.90. The van der Waals surface area contributed by atoms with Gasteiger partial charge in [0.1, 0.15) is 0 Å². The van der Waals surface area contributed by atoms with Crippen molar-refractivity contribution in [2.75, 3.05) is 0 Å². The number of amides is 1. The maximum atomic E-state index is 11.2. The molecule has 0 saturated carbocycles. The molecule has 3 nitrogen and oxygen atoms in total. The first-order chi connectivity index (χ1) is 7.91. The van der Waals surface area contributed by atoms with Gasteiger partial charge in [0.05, 0.1) is 6.04 Å². The van der Waals surface area contributed by atoms with Gasteiger partial charge in [0.25, 0.3) is 0 Å². The quantitative estimate of drug-likeness (QED) is 0.847. The van der Waals surface area contributed by atoms with Crippen LogP contribution in [0.25, 0.3) is 0 Å². The van der Waals surface area contributed by atoms with E-state index in [1.165, 1.54) is 0 Å². The first-order valence-electron chi connectivity index (χ1n) is 5.69. The van der Waals surface area contributed by atoms with Crippen molar-refractivity contribution in [2.45, 2.75) is 33.4 Å². The zero-order valence-electron chi connectivity index (χ0n) is 10.5. The van der Waals surface area contributed by atoms with Crippen LogP contribution < -0.4 is 11.1 Å². The topological polar surface area (TPSA) is 55.1 Å². The van der Waals surface area contributed by atoms with Gasteiger partial charge in [-0.05, 0) is 36.1 Å². The lowest BCUT2D eigenvalue weighted by Gasteiger charge is -2.19. The largest absolute Gasteiger partial charge is 0.368 e. The molecule has 0 aliphatic rings. The van der Waals surface area contributed by atoms with E-state index in [4.69, 9.17) is 17.3 Å². The lowest BCUT2D eigenvalue weighted by molar-refractivity contribution is -0.121. The number of primary amides is 1. The summed E-state index contributed by atoms with van der Waals surface area (Å²) in [5.41, 5.74) is 7.58. The number of aryl methyl sites for hydroxylation is 1. The number of carbonyl (C=O) groups is 1. The normalized spacial score (nSPS) is 12.8. The van der Waals surface area contributed by atoms with E-state index in [9.17, 15) is 4.79 Å². The first-order valence-corrected chi connectivity index (χ1v) is 6.07. The molecule has 0 heterocycles. The molecule has 17 heavy (non-hydrogen) atoms. The standard InChI is InChI=1S/C13H19ClN2O/c1-8(2)12(13(15)17)16-7-10-4-5-11(14)6-9(10)3/h4-6,8,12,16H,7H2,1-3H3,(H2,15,17). The first kappa shape index (κ1) is 14.0. The summed E-state index contributed by atoms with van der Waals surface area (Å²) in [6.07, 6.45) is 0. The molecule has 1 atom stereocenters. The van der Waals surface area contributed by atoms with Crippen molar-refractivity contribution in [3.8, 4) is 0 Å². The van der Waals surface area contributed by atoms with Crippen molar-refractivity contribution < 1.29 is 4.79 Å². The number of halogens is 1. The predicted octanol–water partition coefficient (Wildman–Crippen LogP) is 2.25. The highest BCUT2D eigenvalue weighted by molar-refractivity contribution is 6.30. The Balaban J connectivity index is 2.69. The number of benzene rings is 1. The monoisotopic (exact) mass is 254 g/mol. The van der Waals surface area contributed by atoms with Gasteiger partial charge in [-0.1, -0.05) is 31.5 Å². The summed E-state index contributed by atoms with van der Waals surface area (Å²) in [5.74, 6) is -0.133. The Kier molecular flexibility index (Phi) is 4.97. The van der Waals surface area contributed by atoms with Crippen molar-refractivity contribution in [2.24, 2.45) is 11.7 Å². The fourth-order valence-corrected chi connectivity index (χ4v) is 1.97. The number of rotatable bonds is 5. The van der Waals surface area contributed by atoms with Crippen LogP contribution in [0.15, 0.2) is 18.2 Å². The van der Waals surface area contributed by atoms with Gasteiger partial charge < -0.3 is 11.1 Å². The molecule has 0 bridgehead atoms. The minimum absolute atomic E-state index is 0.181. The molecular weight excluding hydrogens is 236 g/mol. The third-order valence-electron chi connectivity index (χ3n) is 2.79. The molecule has 0 radical (unpaired) electrons. The van der Waals surface area contributed by atoms with Gasteiger partial charge >= 0.3 is 0 Å². The number of carbonyl (C=O) groups excluding carboxylic acids is 1. The molecule has 1 aromatic carbocycles. The summed E-state index contributed by atoms with van der Waals surface area (Å²) >= 11 is 5.89. The van der Waals surface area contributed by atoms with E-state index < -0.39 is 0 Å². The Morgan fingerprint density at radius 3 is 2.59 bits per heavy atom. The van der Waals surface area contributed by atoms with Crippen LogP contribution in [0.3, 0.4) is 0 Å². The number of hydrogen-bond donors (Lipinski definition) is 2. The summed E-state index contributed by atoms with van der Waals surface area (Å²) < 4.78 is 0. The third kappa shape index (κ3) is 4.02. The summed E-state index contributed by atoms with van der Waals surface area (Å²) in [4.78, 5) is 11.2. The van der Waals surface area contributed by atoms with Crippen LogP contribution >= 0.6 is 11.6 Å². The van der Waals surface area contributed by atoms with Crippen LogP contribution in [0.1, 0.15) is 25.0 Å². The average molecular weight is 255 g/mol. The van der Waals surface area contributed by atoms with Crippen LogP contribution in [0, 0.1) is 12.8 Å². The van der Waals surface area contributed by atoms with Gasteiger partial charge in [0.2, 0.25) is 5.91 Å². The van der Waals surface area contributed by atoms with E-state index in [0.717, 1.165) is 16.1 Å². The van der Waals surface area contributed by atoms with Crippen molar-refractivity contribution in [1.82, 2.24) is 5.32 Å². The van der Waals surface area contributed by atoms with E-state index in [-0.39, 0.29) is 17.9 Å². The molecule has 1 rings (SSSR count). The third-order valence-corrected chi connectivity index (χ3v) is 3.03. The van der Waals surface area contributed by atoms with E-state index >= 15 is 0 Å². The fraction of sp³-hybridized carbons (Fsp3) is 0.462. The highest BCUT2D eigenvalue weighted by Crippen LogP contribution is 2.15. The molecule has 0 aliphatic heterocycles. The Labute approximate surface area is 107 Å². The summed E-state index contributed by atoms with van der Waals surface area (Å²) in [6, 6.07) is 5.42. The van der Waals surface area contributed by atoms with Crippen LogP contribution in [0.5, 0.6) is 0 Å². The second-order valence-corrected chi connectivity index (χ2v) is 5.01. The number of nitrogens with one attached hydrogen (secondary N) is 1. The maximum Gasteiger partial charge on any atom is 0.234 e. The van der Waals surface area contributed by atoms with Gasteiger partial charge in [-0.3, -0.25) is 4.79 Å².